The van der Waals surface area contributed by atoms with Crippen molar-refractivity contribution in [1.82, 2.24) is 10.3 Å². The van der Waals surface area contributed by atoms with Gasteiger partial charge in [-0.15, -0.1) is 0 Å². The lowest BCUT2D eigenvalue weighted by atomic mass is 9.38. The number of nitrogens with zero attached hydrogens (tertiary/aromatic N) is 1. The first-order chi connectivity index (χ1) is 16.5. The first-order valence-electron chi connectivity index (χ1n) is 11.7. The van der Waals surface area contributed by atoms with Crippen LogP contribution in [0.2, 0.25) is 5.02 Å². The summed E-state index contributed by atoms with van der Waals surface area (Å²) in [5.41, 5.74) is 1.23. The molecule has 7 nitrogen and oxygen atoms in total. The monoisotopic (exact) mass is 526 g/mol. The molecule has 0 radical (unpaired) electrons. The molecule has 4 aliphatic carbocycles. The molecule has 2 N–H and O–H groups in total. The molecule has 4 fully saturated rings. The van der Waals surface area contributed by atoms with Crippen LogP contribution in [-0.4, -0.2) is 46.0 Å². The summed E-state index contributed by atoms with van der Waals surface area (Å²) in [4.78, 5) is 17.5. The fraction of sp³-hybridized carbons (Fsp3) is 0.583. The van der Waals surface area contributed by atoms with Crippen LogP contribution in [0.1, 0.15) is 62.8 Å². The minimum Gasteiger partial charge on any atom is -0.480 e. The van der Waals surface area contributed by atoms with Crippen LogP contribution in [0.4, 0.5) is 8.78 Å². The molecule has 1 aromatic heterocycles. The number of fused-ring (bicyclic) bond motifs is 1. The number of amides is 1. The SMILES string of the molecule is CC(F)(F)OC1CC(Oc2nc(C34CC(NC(=O)[C@H]5C[C@@H](O)c6cc(Cl)ccc6O5)(C3)C4)cs2)C1. The van der Waals surface area contributed by atoms with E-state index >= 15 is 0 Å². The quantitative estimate of drug-likeness (QED) is 0.552. The summed E-state index contributed by atoms with van der Waals surface area (Å²) in [5.74, 6) is 0.254. The Bertz CT molecular complexity index is 1150. The van der Waals surface area contributed by atoms with Gasteiger partial charge in [0.1, 0.15) is 11.9 Å². The summed E-state index contributed by atoms with van der Waals surface area (Å²) < 4.78 is 42.2. The number of hydrogen-bond donors (Lipinski definition) is 2. The lowest BCUT2D eigenvalue weighted by Gasteiger charge is -2.70. The van der Waals surface area contributed by atoms with E-state index in [-0.39, 0.29) is 29.4 Å². The topological polar surface area (TPSA) is 89.9 Å². The van der Waals surface area contributed by atoms with E-state index in [0.717, 1.165) is 31.9 Å². The Hall–Kier alpha value is -2.01. The van der Waals surface area contributed by atoms with Crippen LogP contribution in [0.25, 0.3) is 0 Å². The second-order valence-electron chi connectivity index (χ2n) is 10.4. The number of alkyl halides is 2. The van der Waals surface area contributed by atoms with Crippen molar-refractivity contribution in [2.75, 3.05) is 0 Å². The van der Waals surface area contributed by atoms with Crippen molar-refractivity contribution >= 4 is 28.8 Å². The number of carbonyl (C=O) groups is 1. The summed E-state index contributed by atoms with van der Waals surface area (Å²) in [7, 11) is 0. The zero-order valence-electron chi connectivity index (χ0n) is 18.9. The number of ether oxygens (including phenoxy) is 3. The summed E-state index contributed by atoms with van der Waals surface area (Å²) in [6.07, 6.45) is -1.93. The van der Waals surface area contributed by atoms with Crippen LogP contribution < -0.4 is 14.8 Å². The third-order valence-electron chi connectivity index (χ3n) is 7.47. The third-order valence-corrected chi connectivity index (χ3v) is 8.43. The summed E-state index contributed by atoms with van der Waals surface area (Å²) in [5, 5.41) is 16.6. The molecule has 1 aliphatic heterocycles. The Labute approximate surface area is 209 Å². The van der Waals surface area contributed by atoms with Crippen molar-refractivity contribution in [3.8, 4) is 10.9 Å². The highest BCUT2D eigenvalue weighted by atomic mass is 35.5. The van der Waals surface area contributed by atoms with E-state index in [1.807, 2.05) is 5.38 Å². The molecule has 5 aliphatic rings. The number of nitrogens with one attached hydrogen (secondary N) is 1. The molecule has 1 amide bonds. The zero-order valence-corrected chi connectivity index (χ0v) is 20.5. The molecule has 2 atom stereocenters. The fourth-order valence-corrected chi connectivity index (χ4v) is 6.85. The maximum absolute atomic E-state index is 12.9. The third kappa shape index (κ3) is 4.28. The zero-order chi connectivity index (χ0) is 24.6. The Kier molecular flexibility index (Phi) is 5.34. The van der Waals surface area contributed by atoms with Gasteiger partial charge in [-0.2, -0.15) is 8.78 Å². The number of carbonyl (C=O) groups excluding carboxylic acids is 1. The summed E-state index contributed by atoms with van der Waals surface area (Å²) in [6, 6.07) is 5.01. The second kappa shape index (κ2) is 7.99. The molecule has 188 valence electrons. The number of benzene rings is 1. The van der Waals surface area contributed by atoms with Gasteiger partial charge in [0, 0.05) is 53.1 Å². The van der Waals surface area contributed by atoms with Crippen molar-refractivity contribution in [3.05, 3.63) is 39.9 Å². The van der Waals surface area contributed by atoms with Crippen LogP contribution in [0.15, 0.2) is 23.6 Å². The number of aliphatic hydroxyl groups is 1. The summed E-state index contributed by atoms with van der Waals surface area (Å²) in [6.45, 7) is 0.744. The van der Waals surface area contributed by atoms with Gasteiger partial charge in [0.2, 0.25) is 0 Å². The molecule has 35 heavy (non-hydrogen) atoms. The molecule has 0 spiro atoms. The molecule has 0 saturated heterocycles. The number of hydrogen-bond acceptors (Lipinski definition) is 7. The lowest BCUT2D eigenvalue weighted by Crippen LogP contribution is -2.77. The highest BCUT2D eigenvalue weighted by Gasteiger charge is 2.70. The highest BCUT2D eigenvalue weighted by molar-refractivity contribution is 7.11. The minimum absolute atomic E-state index is 0.0583. The minimum atomic E-state index is -3.12. The molecule has 0 unspecified atom stereocenters. The second-order valence-corrected chi connectivity index (χ2v) is 11.6. The Morgan fingerprint density at radius 1 is 1.29 bits per heavy atom. The first-order valence-corrected chi connectivity index (χ1v) is 12.9. The van der Waals surface area contributed by atoms with Crippen molar-refractivity contribution < 1.29 is 32.9 Å². The number of halogens is 3. The van der Waals surface area contributed by atoms with E-state index in [9.17, 15) is 18.7 Å². The maximum Gasteiger partial charge on any atom is 0.353 e. The van der Waals surface area contributed by atoms with E-state index in [1.165, 1.54) is 11.3 Å². The van der Waals surface area contributed by atoms with E-state index < -0.39 is 24.4 Å². The van der Waals surface area contributed by atoms with Gasteiger partial charge in [0.15, 0.2) is 6.10 Å². The average molecular weight is 527 g/mol. The average Bonchev–Trinajstić information content (AvgIpc) is 3.15. The van der Waals surface area contributed by atoms with Gasteiger partial charge < -0.3 is 24.6 Å². The van der Waals surface area contributed by atoms with Gasteiger partial charge in [-0.1, -0.05) is 22.9 Å². The predicted octanol–water partition coefficient (Wildman–Crippen LogP) is 4.51. The van der Waals surface area contributed by atoms with Gasteiger partial charge in [-0.3, -0.25) is 4.79 Å². The molecular formula is C24H25ClF2N2O5S. The van der Waals surface area contributed by atoms with Crippen molar-refractivity contribution in [2.24, 2.45) is 0 Å². The number of aliphatic hydroxyl groups excluding tert-OH is 1. The Morgan fingerprint density at radius 2 is 2.03 bits per heavy atom. The molecule has 4 saturated carbocycles. The van der Waals surface area contributed by atoms with E-state index in [0.29, 0.717) is 34.4 Å². The number of aromatic nitrogens is 1. The van der Waals surface area contributed by atoms with E-state index in [2.05, 4.69) is 15.0 Å². The van der Waals surface area contributed by atoms with Crippen LogP contribution in [0.5, 0.6) is 10.9 Å². The van der Waals surface area contributed by atoms with Crippen LogP contribution in [0.3, 0.4) is 0 Å². The van der Waals surface area contributed by atoms with Gasteiger partial charge in [0.25, 0.3) is 11.1 Å². The normalized spacial score (nSPS) is 35.0. The fourth-order valence-electron chi connectivity index (χ4n) is 5.81. The predicted molar refractivity (Wildman–Crippen MR) is 123 cm³/mol. The molecule has 2 aromatic rings. The molecule has 7 rings (SSSR count). The Balaban J connectivity index is 1.00. The lowest BCUT2D eigenvalue weighted by molar-refractivity contribution is -0.271. The Morgan fingerprint density at radius 3 is 2.74 bits per heavy atom. The van der Waals surface area contributed by atoms with Crippen molar-refractivity contribution in [3.63, 3.8) is 0 Å². The largest absolute Gasteiger partial charge is 0.480 e. The van der Waals surface area contributed by atoms with Crippen molar-refractivity contribution in [2.45, 2.75) is 86.9 Å². The number of rotatable bonds is 7. The highest BCUT2D eigenvalue weighted by Crippen LogP contribution is 2.68. The standard InChI is InChI=1S/C24H25ClF2N2O5S/c1-22(26,27)34-14-5-13(6-14)32-21-28-19(8-35-21)23-9-24(10-23,11-23)29-20(31)18-7-16(30)15-4-12(25)2-3-17(15)33-18/h2-4,8,13-14,16,18,30H,5-7,9-11H2,1H3,(H,29,31)/t13?,14?,16-,18-,23?,24?/m1/s1. The maximum atomic E-state index is 12.9. The first kappa shape index (κ1) is 23.4. The molecule has 1 aromatic carbocycles. The molecule has 2 bridgehead atoms. The van der Waals surface area contributed by atoms with Gasteiger partial charge >= 0.3 is 6.11 Å². The van der Waals surface area contributed by atoms with Crippen LogP contribution in [0, 0.1) is 0 Å². The molecule has 11 heteroatoms. The number of thiazole rings is 1. The molecular weight excluding hydrogens is 502 g/mol. The van der Waals surface area contributed by atoms with E-state index in [4.69, 9.17) is 21.1 Å². The smallest absolute Gasteiger partial charge is 0.353 e. The van der Waals surface area contributed by atoms with E-state index in [1.54, 1.807) is 18.2 Å². The van der Waals surface area contributed by atoms with Gasteiger partial charge in [-0.25, -0.2) is 4.98 Å². The van der Waals surface area contributed by atoms with Crippen LogP contribution in [-0.2, 0) is 14.9 Å². The van der Waals surface area contributed by atoms with Gasteiger partial charge in [-0.05, 0) is 37.5 Å². The summed E-state index contributed by atoms with van der Waals surface area (Å²) >= 11 is 7.40. The molecule has 2 heterocycles. The van der Waals surface area contributed by atoms with Crippen LogP contribution >= 0.6 is 22.9 Å². The van der Waals surface area contributed by atoms with Gasteiger partial charge in [0.05, 0.1) is 17.9 Å². The van der Waals surface area contributed by atoms with Crippen molar-refractivity contribution in [1.29, 1.82) is 0 Å².